The van der Waals surface area contributed by atoms with Crippen molar-refractivity contribution in [1.82, 2.24) is 0 Å². The fourth-order valence-corrected chi connectivity index (χ4v) is 1.39. The lowest BCUT2D eigenvalue weighted by Gasteiger charge is -2.07. The summed E-state index contributed by atoms with van der Waals surface area (Å²) in [7, 11) is 1.51. The Hall–Kier alpha value is -1.82. The van der Waals surface area contributed by atoms with Crippen molar-refractivity contribution in [2.75, 3.05) is 12.4 Å². The van der Waals surface area contributed by atoms with Gasteiger partial charge < -0.3 is 15.2 Å². The molecule has 0 radical (unpaired) electrons. The van der Waals surface area contributed by atoms with Crippen molar-refractivity contribution in [3.8, 4) is 5.75 Å². The average molecular weight is 300 g/mol. The van der Waals surface area contributed by atoms with Crippen LogP contribution in [0.15, 0.2) is 34.8 Å². The van der Waals surface area contributed by atoms with Crippen molar-refractivity contribution in [1.29, 1.82) is 0 Å². The van der Waals surface area contributed by atoms with E-state index in [4.69, 9.17) is 9.84 Å². The molecule has 17 heavy (non-hydrogen) atoms. The van der Waals surface area contributed by atoms with Crippen LogP contribution in [0.1, 0.15) is 0 Å². The Balaban J connectivity index is 2.80. The predicted octanol–water partition coefficient (Wildman–Crippen LogP) is 2.04. The van der Waals surface area contributed by atoms with Crippen LogP contribution in [0.3, 0.4) is 0 Å². The van der Waals surface area contributed by atoms with Crippen molar-refractivity contribution < 1.29 is 19.4 Å². The van der Waals surface area contributed by atoms with Gasteiger partial charge in [0.05, 0.1) is 12.8 Å². The normalized spacial score (nSPS) is 10.2. The molecule has 1 aromatic carbocycles. The first-order chi connectivity index (χ1) is 8.02. The van der Waals surface area contributed by atoms with Crippen LogP contribution in [0.4, 0.5) is 5.69 Å². The zero-order valence-corrected chi connectivity index (χ0v) is 10.5. The Bertz CT molecular complexity index is 471. The second-order valence-electron chi connectivity index (χ2n) is 3.01. The molecule has 1 amide bonds. The molecule has 1 rings (SSSR count). The monoisotopic (exact) mass is 299 g/mol. The third-order valence-corrected chi connectivity index (χ3v) is 2.50. The Kier molecular flexibility index (Phi) is 4.71. The van der Waals surface area contributed by atoms with E-state index in [0.717, 1.165) is 12.2 Å². The first-order valence-electron chi connectivity index (χ1n) is 4.58. The van der Waals surface area contributed by atoms with Crippen molar-refractivity contribution in [2.24, 2.45) is 0 Å². The second kappa shape index (κ2) is 6.05. The van der Waals surface area contributed by atoms with Crippen molar-refractivity contribution in [3.63, 3.8) is 0 Å². The molecule has 5 nitrogen and oxygen atoms in total. The van der Waals surface area contributed by atoms with E-state index in [-0.39, 0.29) is 0 Å². The predicted molar refractivity (Wildman–Crippen MR) is 66.1 cm³/mol. The van der Waals surface area contributed by atoms with E-state index in [0.29, 0.717) is 15.9 Å². The summed E-state index contributed by atoms with van der Waals surface area (Å²) in [6.45, 7) is 0. The maximum absolute atomic E-state index is 11.3. The molecule has 0 aliphatic rings. The van der Waals surface area contributed by atoms with Gasteiger partial charge in [0.1, 0.15) is 5.75 Å². The van der Waals surface area contributed by atoms with Crippen LogP contribution in [-0.4, -0.2) is 24.1 Å². The van der Waals surface area contributed by atoms with Crippen LogP contribution in [0.5, 0.6) is 5.75 Å². The van der Waals surface area contributed by atoms with E-state index in [1.165, 1.54) is 7.11 Å². The molecule has 0 unspecified atom stereocenters. The molecule has 0 spiro atoms. The number of benzene rings is 1. The van der Waals surface area contributed by atoms with E-state index < -0.39 is 11.9 Å². The molecule has 0 atom stereocenters. The van der Waals surface area contributed by atoms with Gasteiger partial charge in [-0.25, -0.2) is 4.79 Å². The molecular weight excluding hydrogens is 290 g/mol. The molecule has 0 bridgehead atoms. The Morgan fingerprint density at radius 2 is 2.12 bits per heavy atom. The molecule has 0 saturated heterocycles. The molecule has 2 N–H and O–H groups in total. The molecule has 90 valence electrons. The minimum atomic E-state index is -1.18. The van der Waals surface area contributed by atoms with Gasteiger partial charge in [-0.05, 0) is 28.1 Å². The molecule has 6 heteroatoms. The summed E-state index contributed by atoms with van der Waals surface area (Å²) in [5.74, 6) is -1.11. The highest BCUT2D eigenvalue weighted by Crippen LogP contribution is 2.26. The number of carboxylic acids is 1. The molecule has 0 aliphatic carbocycles. The molecule has 0 aliphatic heterocycles. The largest absolute Gasteiger partial charge is 0.497 e. The minimum Gasteiger partial charge on any atom is -0.497 e. The Labute approximate surface area is 106 Å². The van der Waals surface area contributed by atoms with Crippen LogP contribution in [0, 0.1) is 0 Å². The number of carbonyl (C=O) groups excluding carboxylic acids is 1. The van der Waals surface area contributed by atoms with Crippen molar-refractivity contribution in [3.05, 3.63) is 34.8 Å². The lowest BCUT2D eigenvalue weighted by molar-refractivity contribution is -0.131. The highest BCUT2D eigenvalue weighted by molar-refractivity contribution is 9.10. The number of amides is 1. The summed E-state index contributed by atoms with van der Waals surface area (Å²) in [6.07, 6.45) is 1.71. The van der Waals surface area contributed by atoms with Gasteiger partial charge in [0.25, 0.3) is 0 Å². The Morgan fingerprint density at radius 3 is 2.71 bits per heavy atom. The first-order valence-corrected chi connectivity index (χ1v) is 5.37. The SMILES string of the molecule is COc1ccc(Br)c(NC(=O)C=CC(=O)O)c1. The number of ether oxygens (including phenoxy) is 1. The number of carbonyl (C=O) groups is 2. The summed E-state index contributed by atoms with van der Waals surface area (Å²) in [6, 6.07) is 5.07. The fraction of sp³-hybridized carbons (Fsp3) is 0.0909. The van der Waals surface area contributed by atoms with Crippen LogP contribution in [-0.2, 0) is 9.59 Å². The van der Waals surface area contributed by atoms with Gasteiger partial charge in [0.2, 0.25) is 5.91 Å². The molecule has 0 heterocycles. The zero-order valence-electron chi connectivity index (χ0n) is 8.94. The standard InChI is InChI=1S/C11H10BrNO4/c1-17-7-2-3-8(12)9(6-7)13-10(14)4-5-11(15)16/h2-6H,1H3,(H,13,14)(H,15,16). The number of aliphatic carboxylic acids is 1. The second-order valence-corrected chi connectivity index (χ2v) is 3.86. The van der Waals surface area contributed by atoms with Gasteiger partial charge in [-0.3, -0.25) is 4.79 Å². The van der Waals surface area contributed by atoms with Crippen LogP contribution < -0.4 is 10.1 Å². The van der Waals surface area contributed by atoms with Crippen LogP contribution in [0.2, 0.25) is 0 Å². The fourth-order valence-electron chi connectivity index (χ4n) is 1.05. The van der Waals surface area contributed by atoms with Gasteiger partial charge in [0.15, 0.2) is 0 Å². The van der Waals surface area contributed by atoms with Gasteiger partial charge in [-0.15, -0.1) is 0 Å². The number of carboxylic acid groups (broad SMARTS) is 1. The summed E-state index contributed by atoms with van der Waals surface area (Å²) < 4.78 is 5.68. The molecule has 0 aromatic heterocycles. The highest BCUT2D eigenvalue weighted by atomic mass is 79.9. The summed E-state index contributed by atoms with van der Waals surface area (Å²) in [5.41, 5.74) is 0.504. The number of hydrogen-bond donors (Lipinski definition) is 2. The van der Waals surface area contributed by atoms with Crippen molar-refractivity contribution in [2.45, 2.75) is 0 Å². The Morgan fingerprint density at radius 1 is 1.41 bits per heavy atom. The van der Waals surface area contributed by atoms with Gasteiger partial charge in [-0.1, -0.05) is 0 Å². The topological polar surface area (TPSA) is 75.6 Å². The molecule has 1 aromatic rings. The lowest BCUT2D eigenvalue weighted by atomic mass is 10.3. The molecule has 0 saturated carbocycles. The number of halogens is 1. The number of rotatable bonds is 4. The van der Waals surface area contributed by atoms with E-state index in [1.54, 1.807) is 18.2 Å². The number of hydrogen-bond acceptors (Lipinski definition) is 3. The van der Waals surface area contributed by atoms with E-state index >= 15 is 0 Å². The highest BCUT2D eigenvalue weighted by Gasteiger charge is 2.04. The first kappa shape index (κ1) is 13.2. The maximum atomic E-state index is 11.3. The van der Waals surface area contributed by atoms with Gasteiger partial charge in [-0.2, -0.15) is 0 Å². The van der Waals surface area contributed by atoms with E-state index in [2.05, 4.69) is 21.2 Å². The number of nitrogens with one attached hydrogen (secondary N) is 1. The smallest absolute Gasteiger partial charge is 0.328 e. The van der Waals surface area contributed by atoms with Gasteiger partial charge in [0, 0.05) is 22.7 Å². The van der Waals surface area contributed by atoms with Gasteiger partial charge >= 0.3 is 5.97 Å². The lowest BCUT2D eigenvalue weighted by Crippen LogP contribution is -2.09. The van der Waals surface area contributed by atoms with E-state index in [9.17, 15) is 9.59 Å². The summed E-state index contributed by atoms with van der Waals surface area (Å²) >= 11 is 3.26. The average Bonchev–Trinajstić information content (AvgIpc) is 2.29. The minimum absolute atomic E-state index is 0.504. The summed E-state index contributed by atoms with van der Waals surface area (Å²) in [4.78, 5) is 21.6. The zero-order chi connectivity index (χ0) is 12.8. The quantitative estimate of drug-likeness (QED) is 0.834. The van der Waals surface area contributed by atoms with Crippen molar-refractivity contribution >= 4 is 33.5 Å². The van der Waals surface area contributed by atoms with E-state index in [1.807, 2.05) is 0 Å². The van der Waals surface area contributed by atoms with Crippen LogP contribution in [0.25, 0.3) is 0 Å². The molecular formula is C11H10BrNO4. The summed E-state index contributed by atoms with van der Waals surface area (Å²) in [5, 5.41) is 10.9. The number of anilines is 1. The maximum Gasteiger partial charge on any atom is 0.328 e. The third-order valence-electron chi connectivity index (χ3n) is 1.81. The van der Waals surface area contributed by atoms with Crippen LogP contribution >= 0.6 is 15.9 Å². The third kappa shape index (κ3) is 4.28. The molecule has 0 fully saturated rings. The number of methoxy groups -OCH3 is 1.